The van der Waals surface area contributed by atoms with E-state index >= 15 is 0 Å². The quantitative estimate of drug-likeness (QED) is 0.473. The Balaban J connectivity index is 1.34. The van der Waals surface area contributed by atoms with Gasteiger partial charge in [0, 0.05) is 37.3 Å². The number of aromatic nitrogens is 1. The second-order valence-corrected chi connectivity index (χ2v) is 7.01. The Hall–Kier alpha value is -2.81. The summed E-state index contributed by atoms with van der Waals surface area (Å²) in [5.74, 6) is 0.512. The number of hydrogen-bond acceptors (Lipinski definition) is 3. The summed E-state index contributed by atoms with van der Waals surface area (Å²) in [4.78, 5) is 28.6. The highest BCUT2D eigenvalue weighted by atomic mass is 16.1. The molecule has 0 unspecified atom stereocenters. The Kier molecular flexibility index (Phi) is 6.86. The number of fused-ring (bicyclic) bond motifs is 1. The lowest BCUT2D eigenvalue weighted by Crippen LogP contribution is -2.04. The minimum Gasteiger partial charge on any atom is -0.299 e. The standard InChI is InChI=1S/C24H25NO2/c26-22(16-19-9-3-1-4-10-19)12-5-2-6-13-23(27)17-20-15-21-11-7-8-14-24(21)25-18-20/h1,3-4,7-11,14-15,18H,2,5-6,12-13,16-17H2. The first-order chi connectivity index (χ1) is 13.2. The predicted molar refractivity (Wildman–Crippen MR) is 109 cm³/mol. The fourth-order valence-electron chi connectivity index (χ4n) is 3.26. The van der Waals surface area contributed by atoms with Crippen molar-refractivity contribution >= 4 is 22.5 Å². The van der Waals surface area contributed by atoms with Crippen molar-refractivity contribution < 1.29 is 9.59 Å². The number of ketones is 2. The van der Waals surface area contributed by atoms with Gasteiger partial charge in [-0.2, -0.15) is 0 Å². The van der Waals surface area contributed by atoms with Crippen LogP contribution in [-0.4, -0.2) is 16.6 Å². The molecule has 0 bridgehead atoms. The zero-order valence-electron chi connectivity index (χ0n) is 15.6. The van der Waals surface area contributed by atoms with Crippen LogP contribution in [0.5, 0.6) is 0 Å². The molecule has 0 spiro atoms. The Bertz CT molecular complexity index is 902. The third-order valence-electron chi connectivity index (χ3n) is 4.70. The van der Waals surface area contributed by atoms with Crippen LogP contribution in [0, 0.1) is 0 Å². The zero-order chi connectivity index (χ0) is 18.9. The number of Topliss-reactive ketones (excluding diaryl/α,β-unsaturated/α-hetero) is 2. The highest BCUT2D eigenvalue weighted by molar-refractivity contribution is 5.84. The molecule has 0 N–H and O–H groups in total. The summed E-state index contributed by atoms with van der Waals surface area (Å²) in [6.45, 7) is 0. The minimum atomic E-state index is 0.239. The van der Waals surface area contributed by atoms with Crippen LogP contribution in [0.15, 0.2) is 66.9 Å². The summed E-state index contributed by atoms with van der Waals surface area (Å²) in [5, 5.41) is 1.07. The average Bonchev–Trinajstić information content (AvgIpc) is 2.68. The summed E-state index contributed by atoms with van der Waals surface area (Å²) < 4.78 is 0. The first-order valence-electron chi connectivity index (χ1n) is 9.62. The van der Waals surface area contributed by atoms with Gasteiger partial charge in [0.05, 0.1) is 5.52 Å². The second kappa shape index (κ2) is 9.77. The van der Waals surface area contributed by atoms with E-state index in [1.54, 1.807) is 6.20 Å². The molecular weight excluding hydrogens is 334 g/mol. The normalized spacial score (nSPS) is 10.8. The van der Waals surface area contributed by atoms with Crippen molar-refractivity contribution in [1.82, 2.24) is 4.98 Å². The number of rotatable bonds is 10. The van der Waals surface area contributed by atoms with Crippen LogP contribution in [0.2, 0.25) is 0 Å². The van der Waals surface area contributed by atoms with E-state index in [0.717, 1.165) is 41.3 Å². The fraction of sp³-hybridized carbons (Fsp3) is 0.292. The van der Waals surface area contributed by atoms with Gasteiger partial charge in [0.2, 0.25) is 0 Å². The fourth-order valence-corrected chi connectivity index (χ4v) is 3.26. The van der Waals surface area contributed by atoms with Crippen LogP contribution in [-0.2, 0) is 22.4 Å². The van der Waals surface area contributed by atoms with Crippen molar-refractivity contribution in [2.24, 2.45) is 0 Å². The van der Waals surface area contributed by atoms with Gasteiger partial charge in [-0.15, -0.1) is 0 Å². The average molecular weight is 359 g/mol. The number of benzene rings is 2. The monoisotopic (exact) mass is 359 g/mol. The molecule has 0 saturated heterocycles. The van der Waals surface area contributed by atoms with Crippen molar-refractivity contribution in [3.8, 4) is 0 Å². The Morgan fingerprint density at radius 1 is 0.704 bits per heavy atom. The molecule has 1 heterocycles. The van der Waals surface area contributed by atoms with Crippen LogP contribution >= 0.6 is 0 Å². The Labute approximate surface area is 160 Å². The smallest absolute Gasteiger partial charge is 0.137 e. The molecule has 2 aromatic carbocycles. The maximum atomic E-state index is 12.2. The van der Waals surface area contributed by atoms with Crippen LogP contribution < -0.4 is 0 Å². The number of nitrogens with zero attached hydrogens (tertiary/aromatic N) is 1. The Morgan fingerprint density at radius 3 is 2.07 bits per heavy atom. The molecular formula is C24H25NO2. The van der Waals surface area contributed by atoms with Gasteiger partial charge in [0.15, 0.2) is 0 Å². The molecule has 0 aliphatic carbocycles. The van der Waals surface area contributed by atoms with Crippen molar-refractivity contribution in [3.05, 3.63) is 78.0 Å². The lowest BCUT2D eigenvalue weighted by atomic mass is 10.0. The van der Waals surface area contributed by atoms with Crippen LogP contribution in [0.3, 0.4) is 0 Å². The molecule has 0 aliphatic heterocycles. The van der Waals surface area contributed by atoms with E-state index in [2.05, 4.69) is 4.98 Å². The summed E-state index contributed by atoms with van der Waals surface area (Å²) in [6, 6.07) is 19.8. The maximum Gasteiger partial charge on any atom is 0.137 e. The summed E-state index contributed by atoms with van der Waals surface area (Å²) >= 11 is 0. The van der Waals surface area contributed by atoms with Gasteiger partial charge < -0.3 is 0 Å². The van der Waals surface area contributed by atoms with E-state index in [4.69, 9.17) is 0 Å². The number of carbonyl (C=O) groups is 2. The second-order valence-electron chi connectivity index (χ2n) is 7.01. The third-order valence-corrected chi connectivity index (χ3v) is 4.70. The molecule has 3 rings (SSSR count). The summed E-state index contributed by atoms with van der Waals surface area (Å²) in [7, 11) is 0. The topological polar surface area (TPSA) is 47.0 Å². The summed E-state index contributed by atoms with van der Waals surface area (Å²) in [6.07, 6.45) is 6.52. The number of para-hydroxylation sites is 1. The Morgan fingerprint density at radius 2 is 1.33 bits per heavy atom. The number of carbonyl (C=O) groups excluding carboxylic acids is 2. The lowest BCUT2D eigenvalue weighted by molar-refractivity contribution is -0.118. The molecule has 0 atom stereocenters. The number of hydrogen-bond donors (Lipinski definition) is 0. The van der Waals surface area contributed by atoms with Crippen molar-refractivity contribution in [3.63, 3.8) is 0 Å². The van der Waals surface area contributed by atoms with Gasteiger partial charge in [0.25, 0.3) is 0 Å². The van der Waals surface area contributed by atoms with Gasteiger partial charge in [-0.25, -0.2) is 0 Å². The van der Waals surface area contributed by atoms with E-state index < -0.39 is 0 Å². The van der Waals surface area contributed by atoms with E-state index in [1.165, 1.54) is 0 Å². The molecule has 3 aromatic rings. The van der Waals surface area contributed by atoms with Gasteiger partial charge >= 0.3 is 0 Å². The van der Waals surface area contributed by atoms with Crippen molar-refractivity contribution in [2.45, 2.75) is 44.9 Å². The lowest BCUT2D eigenvalue weighted by Gasteiger charge is -2.04. The molecule has 138 valence electrons. The van der Waals surface area contributed by atoms with Gasteiger partial charge in [0.1, 0.15) is 11.6 Å². The van der Waals surface area contributed by atoms with Crippen LogP contribution in [0.1, 0.15) is 43.2 Å². The minimum absolute atomic E-state index is 0.239. The van der Waals surface area contributed by atoms with E-state index in [1.807, 2.05) is 60.7 Å². The molecule has 0 radical (unpaired) electrons. The van der Waals surface area contributed by atoms with Gasteiger partial charge in [-0.3, -0.25) is 14.6 Å². The molecule has 0 fully saturated rings. The summed E-state index contributed by atoms with van der Waals surface area (Å²) in [5.41, 5.74) is 2.99. The zero-order valence-corrected chi connectivity index (χ0v) is 15.6. The van der Waals surface area contributed by atoms with E-state index in [-0.39, 0.29) is 11.6 Å². The van der Waals surface area contributed by atoms with Gasteiger partial charge in [-0.05, 0) is 36.1 Å². The van der Waals surface area contributed by atoms with Crippen LogP contribution in [0.25, 0.3) is 10.9 Å². The molecule has 27 heavy (non-hydrogen) atoms. The third kappa shape index (κ3) is 6.14. The maximum absolute atomic E-state index is 12.2. The van der Waals surface area contributed by atoms with Gasteiger partial charge in [-0.1, -0.05) is 55.0 Å². The number of unbranched alkanes of at least 4 members (excludes halogenated alkanes) is 2. The molecule has 3 heteroatoms. The first-order valence-corrected chi connectivity index (χ1v) is 9.62. The van der Waals surface area contributed by atoms with Crippen molar-refractivity contribution in [2.75, 3.05) is 0 Å². The van der Waals surface area contributed by atoms with Crippen molar-refractivity contribution in [1.29, 1.82) is 0 Å². The van der Waals surface area contributed by atoms with E-state index in [9.17, 15) is 9.59 Å². The SMILES string of the molecule is O=C(CCCCCC(=O)Cc1cnc2ccccc2c1)Cc1ccccc1. The highest BCUT2D eigenvalue weighted by Gasteiger charge is 2.07. The van der Waals surface area contributed by atoms with E-state index in [0.29, 0.717) is 25.7 Å². The number of pyridine rings is 1. The molecule has 0 aliphatic rings. The first kappa shape index (κ1) is 19.0. The largest absolute Gasteiger partial charge is 0.299 e. The highest BCUT2D eigenvalue weighted by Crippen LogP contribution is 2.14. The molecule has 0 saturated carbocycles. The van der Waals surface area contributed by atoms with Crippen LogP contribution in [0.4, 0.5) is 0 Å². The molecule has 0 amide bonds. The molecule has 1 aromatic heterocycles. The predicted octanol–water partition coefficient (Wildman–Crippen LogP) is 5.11. The molecule has 3 nitrogen and oxygen atoms in total.